The van der Waals surface area contributed by atoms with Crippen LogP contribution in [-0.4, -0.2) is 18.0 Å². The number of pyridine rings is 1. The van der Waals surface area contributed by atoms with E-state index in [-0.39, 0.29) is 0 Å². The number of primary amides is 1. The predicted octanol–water partition coefficient (Wildman–Crippen LogP) is 3.14. The van der Waals surface area contributed by atoms with E-state index in [9.17, 15) is 4.79 Å². The van der Waals surface area contributed by atoms with Crippen LogP contribution in [0, 0.1) is 0 Å². The van der Waals surface area contributed by atoms with Gasteiger partial charge in [-0.3, -0.25) is 4.79 Å². The first kappa shape index (κ1) is 15.6. The summed E-state index contributed by atoms with van der Waals surface area (Å²) in [6.45, 7) is 0. The van der Waals surface area contributed by atoms with Gasteiger partial charge in [0.2, 0.25) is 11.8 Å². The third-order valence-electron chi connectivity index (χ3n) is 2.82. The number of ether oxygens (including phenoxy) is 1. The SMILES string of the molecule is COc1ccc(C(Nc2ccc(Cl)c(Br)c2)C(N)=O)cn1. The molecule has 0 saturated carbocycles. The number of nitrogens with zero attached hydrogens (tertiary/aromatic N) is 1. The molecule has 5 nitrogen and oxygen atoms in total. The van der Waals surface area contributed by atoms with Crippen LogP contribution in [-0.2, 0) is 4.79 Å². The number of hydrogen-bond acceptors (Lipinski definition) is 4. The largest absolute Gasteiger partial charge is 0.481 e. The molecule has 110 valence electrons. The van der Waals surface area contributed by atoms with Crippen LogP contribution in [0.25, 0.3) is 0 Å². The molecular formula is C14H13BrClN3O2. The number of methoxy groups -OCH3 is 1. The summed E-state index contributed by atoms with van der Waals surface area (Å²) in [6.07, 6.45) is 1.55. The molecule has 1 aromatic heterocycles. The molecule has 1 unspecified atom stereocenters. The molecule has 0 aliphatic carbocycles. The molecule has 2 rings (SSSR count). The summed E-state index contributed by atoms with van der Waals surface area (Å²) in [5, 5.41) is 3.64. The van der Waals surface area contributed by atoms with Crippen molar-refractivity contribution < 1.29 is 9.53 Å². The van der Waals surface area contributed by atoms with E-state index in [1.54, 1.807) is 36.5 Å². The van der Waals surface area contributed by atoms with Gasteiger partial charge in [0.25, 0.3) is 0 Å². The summed E-state index contributed by atoms with van der Waals surface area (Å²) < 4.78 is 5.72. The minimum atomic E-state index is -0.698. The lowest BCUT2D eigenvalue weighted by Gasteiger charge is -2.17. The smallest absolute Gasteiger partial charge is 0.244 e. The quantitative estimate of drug-likeness (QED) is 0.847. The van der Waals surface area contributed by atoms with Crippen LogP contribution in [0.4, 0.5) is 5.69 Å². The standard InChI is InChI=1S/C14H13BrClN3O2/c1-21-12-5-2-8(7-18-12)13(14(17)20)19-9-3-4-11(16)10(15)6-9/h2-7,13,19H,1H3,(H2,17,20). The molecule has 1 amide bonds. The third kappa shape index (κ3) is 3.86. The number of halogens is 2. The van der Waals surface area contributed by atoms with E-state index in [0.29, 0.717) is 22.2 Å². The number of rotatable bonds is 5. The topological polar surface area (TPSA) is 77.2 Å². The van der Waals surface area contributed by atoms with Crippen LogP contribution in [0.2, 0.25) is 5.02 Å². The molecule has 0 fully saturated rings. The number of anilines is 1. The fourth-order valence-electron chi connectivity index (χ4n) is 1.75. The van der Waals surface area contributed by atoms with Crippen molar-refractivity contribution in [3.8, 4) is 5.88 Å². The van der Waals surface area contributed by atoms with Crippen LogP contribution in [0.3, 0.4) is 0 Å². The van der Waals surface area contributed by atoms with Crippen LogP contribution in [0.15, 0.2) is 41.0 Å². The Morgan fingerprint density at radius 3 is 2.71 bits per heavy atom. The Hall–Kier alpha value is -1.79. The Morgan fingerprint density at radius 1 is 1.43 bits per heavy atom. The van der Waals surface area contributed by atoms with Crippen molar-refractivity contribution in [1.82, 2.24) is 4.98 Å². The molecule has 0 radical (unpaired) electrons. The zero-order valence-corrected chi connectivity index (χ0v) is 13.5. The van der Waals surface area contributed by atoms with E-state index < -0.39 is 11.9 Å². The first-order valence-corrected chi connectivity index (χ1v) is 7.19. The predicted molar refractivity (Wildman–Crippen MR) is 85.5 cm³/mol. The minimum Gasteiger partial charge on any atom is -0.481 e. The van der Waals surface area contributed by atoms with Gasteiger partial charge in [0.1, 0.15) is 6.04 Å². The molecule has 0 aliphatic heterocycles. The van der Waals surface area contributed by atoms with Gasteiger partial charge in [-0.05, 0) is 40.2 Å². The number of amides is 1. The van der Waals surface area contributed by atoms with Crippen LogP contribution in [0.1, 0.15) is 11.6 Å². The highest BCUT2D eigenvalue weighted by Gasteiger charge is 2.18. The van der Waals surface area contributed by atoms with Crippen molar-refractivity contribution in [3.05, 3.63) is 51.6 Å². The Morgan fingerprint density at radius 2 is 2.19 bits per heavy atom. The van der Waals surface area contributed by atoms with Gasteiger partial charge in [-0.25, -0.2) is 4.98 Å². The second-order valence-corrected chi connectivity index (χ2v) is 5.50. The molecule has 21 heavy (non-hydrogen) atoms. The maximum Gasteiger partial charge on any atom is 0.244 e. The van der Waals surface area contributed by atoms with Crippen molar-refractivity contribution in [2.75, 3.05) is 12.4 Å². The summed E-state index contributed by atoms with van der Waals surface area (Å²) in [5.41, 5.74) is 6.82. The van der Waals surface area contributed by atoms with E-state index in [2.05, 4.69) is 26.2 Å². The van der Waals surface area contributed by atoms with Crippen molar-refractivity contribution in [2.24, 2.45) is 5.73 Å². The first-order chi connectivity index (χ1) is 10.0. The van der Waals surface area contributed by atoms with Crippen LogP contribution in [0.5, 0.6) is 5.88 Å². The van der Waals surface area contributed by atoms with E-state index >= 15 is 0 Å². The number of aromatic nitrogens is 1. The third-order valence-corrected chi connectivity index (χ3v) is 4.03. The minimum absolute atomic E-state index is 0.469. The van der Waals surface area contributed by atoms with E-state index in [4.69, 9.17) is 22.1 Å². The Balaban J connectivity index is 2.26. The lowest BCUT2D eigenvalue weighted by atomic mass is 10.1. The Bertz CT molecular complexity index is 649. The molecule has 0 spiro atoms. The Kier molecular flexibility index (Phi) is 5.03. The van der Waals surface area contributed by atoms with Crippen molar-refractivity contribution in [1.29, 1.82) is 0 Å². The summed E-state index contributed by atoms with van der Waals surface area (Å²) in [7, 11) is 1.52. The fraction of sp³-hybridized carbons (Fsp3) is 0.143. The van der Waals surface area contributed by atoms with Crippen LogP contribution < -0.4 is 15.8 Å². The Labute approximate surface area is 135 Å². The molecule has 0 saturated heterocycles. The summed E-state index contributed by atoms with van der Waals surface area (Å²) in [4.78, 5) is 15.7. The molecule has 3 N–H and O–H groups in total. The maximum absolute atomic E-state index is 11.7. The molecule has 1 atom stereocenters. The van der Waals surface area contributed by atoms with Crippen molar-refractivity contribution in [2.45, 2.75) is 6.04 Å². The van der Waals surface area contributed by atoms with Gasteiger partial charge in [-0.2, -0.15) is 0 Å². The zero-order valence-electron chi connectivity index (χ0n) is 11.1. The van der Waals surface area contributed by atoms with E-state index in [1.807, 2.05) is 0 Å². The highest BCUT2D eigenvalue weighted by atomic mass is 79.9. The lowest BCUT2D eigenvalue weighted by Crippen LogP contribution is -2.27. The number of carbonyl (C=O) groups is 1. The van der Waals surface area contributed by atoms with Crippen molar-refractivity contribution >= 4 is 39.1 Å². The number of benzene rings is 1. The number of nitrogens with one attached hydrogen (secondary N) is 1. The summed E-state index contributed by atoms with van der Waals surface area (Å²) in [6, 6.07) is 7.97. The molecule has 1 heterocycles. The fourth-order valence-corrected chi connectivity index (χ4v) is 2.25. The van der Waals surface area contributed by atoms with Gasteiger partial charge in [0, 0.05) is 28.0 Å². The molecule has 7 heteroatoms. The number of hydrogen-bond donors (Lipinski definition) is 2. The highest BCUT2D eigenvalue weighted by molar-refractivity contribution is 9.10. The number of carbonyl (C=O) groups excluding carboxylic acids is 1. The maximum atomic E-state index is 11.7. The first-order valence-electron chi connectivity index (χ1n) is 6.02. The van der Waals surface area contributed by atoms with Gasteiger partial charge in [0.15, 0.2) is 0 Å². The average molecular weight is 371 g/mol. The van der Waals surface area contributed by atoms with E-state index in [0.717, 1.165) is 4.47 Å². The van der Waals surface area contributed by atoms with Gasteiger partial charge >= 0.3 is 0 Å². The summed E-state index contributed by atoms with van der Waals surface area (Å²) in [5.74, 6) is -0.0377. The zero-order chi connectivity index (χ0) is 15.4. The second kappa shape index (κ2) is 6.78. The van der Waals surface area contributed by atoms with Gasteiger partial charge in [0.05, 0.1) is 12.1 Å². The van der Waals surface area contributed by atoms with Gasteiger partial charge < -0.3 is 15.8 Å². The summed E-state index contributed by atoms with van der Waals surface area (Å²) >= 11 is 9.27. The lowest BCUT2D eigenvalue weighted by molar-refractivity contribution is -0.118. The van der Waals surface area contributed by atoms with Gasteiger partial charge in [-0.1, -0.05) is 11.6 Å². The molecule has 0 bridgehead atoms. The number of nitrogens with two attached hydrogens (primary N) is 1. The van der Waals surface area contributed by atoms with E-state index in [1.165, 1.54) is 7.11 Å². The monoisotopic (exact) mass is 369 g/mol. The molecule has 1 aromatic carbocycles. The van der Waals surface area contributed by atoms with Crippen LogP contribution >= 0.6 is 27.5 Å². The highest BCUT2D eigenvalue weighted by Crippen LogP contribution is 2.28. The molecule has 0 aliphatic rings. The molecule has 2 aromatic rings. The van der Waals surface area contributed by atoms with Crippen molar-refractivity contribution in [3.63, 3.8) is 0 Å². The normalized spacial score (nSPS) is 11.8. The van der Waals surface area contributed by atoms with Gasteiger partial charge in [-0.15, -0.1) is 0 Å². The molecular weight excluding hydrogens is 358 g/mol. The second-order valence-electron chi connectivity index (χ2n) is 4.24. The average Bonchev–Trinajstić information content (AvgIpc) is 2.48.